The number of ether oxygens (including phenoxy) is 1. The van der Waals surface area contributed by atoms with Crippen molar-refractivity contribution < 1.29 is 14.3 Å². The van der Waals surface area contributed by atoms with Crippen molar-refractivity contribution in [1.82, 2.24) is 14.9 Å². The summed E-state index contributed by atoms with van der Waals surface area (Å²) in [6.45, 7) is 1.83. The zero-order chi connectivity index (χ0) is 20.0. The molecule has 1 aromatic carbocycles. The van der Waals surface area contributed by atoms with Crippen LogP contribution in [0.1, 0.15) is 12.6 Å². The summed E-state index contributed by atoms with van der Waals surface area (Å²) in [5, 5.41) is 10.8. The number of aromatic nitrogens is 3. The lowest BCUT2D eigenvalue weighted by atomic mass is 10.3. The predicted molar refractivity (Wildman–Crippen MR) is 103 cm³/mol. The number of nitrogens with zero attached hydrogens (tertiary/aromatic N) is 3. The molecule has 9 nitrogen and oxygen atoms in total. The maximum Gasteiger partial charge on any atom is 0.312 e. The van der Waals surface area contributed by atoms with Gasteiger partial charge in [0.25, 0.3) is 5.56 Å². The van der Waals surface area contributed by atoms with Gasteiger partial charge in [-0.15, -0.1) is 10.2 Å². The van der Waals surface area contributed by atoms with Crippen molar-refractivity contribution in [2.24, 2.45) is 0 Å². The van der Waals surface area contributed by atoms with Crippen molar-refractivity contribution >= 4 is 52.5 Å². The number of amides is 1. The number of esters is 1. The quantitative estimate of drug-likeness (QED) is 0.383. The zero-order valence-electron chi connectivity index (χ0n) is 14.1. The molecule has 2 aromatic rings. The van der Waals surface area contributed by atoms with Crippen LogP contribution in [0.2, 0.25) is 10.0 Å². The Morgan fingerprint density at radius 2 is 2.07 bits per heavy atom. The Bertz CT molecular complexity index is 922. The number of rotatable bonds is 7. The first-order valence-electron chi connectivity index (χ1n) is 7.58. The van der Waals surface area contributed by atoms with Gasteiger partial charge in [-0.05, 0) is 25.1 Å². The van der Waals surface area contributed by atoms with Crippen LogP contribution in [0.3, 0.4) is 0 Å². The third-order valence-electron chi connectivity index (χ3n) is 3.08. The third kappa shape index (κ3) is 5.84. The van der Waals surface area contributed by atoms with Crippen molar-refractivity contribution in [2.45, 2.75) is 18.5 Å². The Hall–Kier alpha value is -2.30. The molecule has 0 radical (unpaired) electrons. The molecule has 1 heterocycles. The number of thioether (sulfide) groups is 1. The number of anilines is 1. The summed E-state index contributed by atoms with van der Waals surface area (Å²) >= 11 is 12.7. The fraction of sp³-hybridized carbons (Fsp3) is 0.267. The molecule has 0 fully saturated rings. The number of hydrogen-bond donors (Lipinski definition) is 2. The molecule has 0 unspecified atom stereocenters. The van der Waals surface area contributed by atoms with E-state index >= 15 is 0 Å². The monoisotopic (exact) mass is 431 g/mol. The molecule has 144 valence electrons. The van der Waals surface area contributed by atoms with Gasteiger partial charge in [-0.3, -0.25) is 14.4 Å². The van der Waals surface area contributed by atoms with Gasteiger partial charge >= 0.3 is 5.97 Å². The van der Waals surface area contributed by atoms with E-state index in [-0.39, 0.29) is 29.6 Å². The van der Waals surface area contributed by atoms with Crippen molar-refractivity contribution in [3.63, 3.8) is 0 Å². The van der Waals surface area contributed by atoms with Crippen LogP contribution >= 0.6 is 35.0 Å². The van der Waals surface area contributed by atoms with Crippen LogP contribution < -0.4 is 16.7 Å². The first-order chi connectivity index (χ1) is 12.8. The molecule has 12 heteroatoms. The standard InChI is InChI=1S/C15H15Cl2N5O4S/c1-2-26-13(24)6-11-14(25)22(18)15(21-20-11)27-7-12(23)19-10-4-3-8(16)5-9(10)17/h3-5H,2,6-7,18H2,1H3,(H,19,23). The molecule has 2 rings (SSSR count). The summed E-state index contributed by atoms with van der Waals surface area (Å²) in [6.07, 6.45) is -0.336. The van der Waals surface area contributed by atoms with Crippen LogP contribution in [0.15, 0.2) is 28.2 Å². The molecule has 1 amide bonds. The smallest absolute Gasteiger partial charge is 0.312 e. The van der Waals surface area contributed by atoms with Crippen LogP contribution in [0.25, 0.3) is 0 Å². The number of nitrogen functional groups attached to an aromatic ring is 1. The highest BCUT2D eigenvalue weighted by molar-refractivity contribution is 7.99. The number of halogens is 2. The van der Waals surface area contributed by atoms with Gasteiger partial charge in [-0.1, -0.05) is 35.0 Å². The average molecular weight is 432 g/mol. The number of carbonyl (C=O) groups excluding carboxylic acids is 2. The van der Waals surface area contributed by atoms with Gasteiger partial charge in [0, 0.05) is 5.02 Å². The van der Waals surface area contributed by atoms with E-state index in [1.807, 2.05) is 0 Å². The summed E-state index contributed by atoms with van der Waals surface area (Å²) < 4.78 is 5.48. The van der Waals surface area contributed by atoms with E-state index in [1.165, 1.54) is 6.07 Å². The van der Waals surface area contributed by atoms with Gasteiger partial charge in [-0.2, -0.15) is 4.68 Å². The van der Waals surface area contributed by atoms with E-state index in [1.54, 1.807) is 19.1 Å². The highest BCUT2D eigenvalue weighted by Crippen LogP contribution is 2.25. The molecule has 0 aliphatic carbocycles. The summed E-state index contributed by atoms with van der Waals surface area (Å²) in [6, 6.07) is 4.65. The third-order valence-corrected chi connectivity index (χ3v) is 4.57. The van der Waals surface area contributed by atoms with E-state index in [2.05, 4.69) is 15.5 Å². The summed E-state index contributed by atoms with van der Waals surface area (Å²) in [7, 11) is 0. The molecule has 0 atom stereocenters. The van der Waals surface area contributed by atoms with Gasteiger partial charge in [0.05, 0.1) is 29.5 Å². The van der Waals surface area contributed by atoms with Gasteiger partial charge < -0.3 is 15.9 Å². The zero-order valence-corrected chi connectivity index (χ0v) is 16.4. The van der Waals surface area contributed by atoms with Crippen LogP contribution in [-0.4, -0.2) is 39.1 Å². The molecule has 0 aliphatic rings. The Balaban J connectivity index is 2.01. The van der Waals surface area contributed by atoms with Gasteiger partial charge in [0.1, 0.15) is 5.69 Å². The Labute approximate surface area is 168 Å². The van der Waals surface area contributed by atoms with Crippen molar-refractivity contribution in [3.8, 4) is 0 Å². The van der Waals surface area contributed by atoms with E-state index in [0.29, 0.717) is 15.7 Å². The lowest BCUT2D eigenvalue weighted by Crippen LogP contribution is -2.35. The first-order valence-corrected chi connectivity index (χ1v) is 9.33. The minimum absolute atomic E-state index is 0.0185. The Morgan fingerprint density at radius 1 is 1.33 bits per heavy atom. The largest absolute Gasteiger partial charge is 0.466 e. The normalized spacial score (nSPS) is 10.5. The van der Waals surface area contributed by atoms with E-state index in [0.717, 1.165) is 16.4 Å². The number of carbonyl (C=O) groups is 2. The minimum atomic E-state index is -0.693. The summed E-state index contributed by atoms with van der Waals surface area (Å²) in [5.41, 5.74) is -0.438. The Kier molecular flexibility index (Phi) is 7.45. The maximum absolute atomic E-state index is 12.1. The van der Waals surface area contributed by atoms with Crippen molar-refractivity contribution in [3.05, 3.63) is 44.3 Å². The van der Waals surface area contributed by atoms with Gasteiger partial charge in [0.15, 0.2) is 0 Å². The van der Waals surface area contributed by atoms with Crippen LogP contribution in [-0.2, 0) is 20.7 Å². The van der Waals surface area contributed by atoms with Gasteiger partial charge in [0.2, 0.25) is 11.1 Å². The molecule has 0 aliphatic heterocycles. The predicted octanol–water partition coefficient (Wildman–Crippen LogP) is 1.50. The van der Waals surface area contributed by atoms with Crippen LogP contribution in [0.5, 0.6) is 0 Å². The average Bonchev–Trinajstić information content (AvgIpc) is 2.61. The van der Waals surface area contributed by atoms with E-state index in [4.69, 9.17) is 33.8 Å². The molecule has 0 saturated heterocycles. The molecular formula is C15H15Cl2N5O4S. The number of nitrogens with one attached hydrogen (secondary N) is 1. The highest BCUT2D eigenvalue weighted by atomic mass is 35.5. The highest BCUT2D eigenvalue weighted by Gasteiger charge is 2.16. The lowest BCUT2D eigenvalue weighted by Gasteiger charge is -2.09. The fourth-order valence-corrected chi connectivity index (χ4v) is 2.99. The molecular weight excluding hydrogens is 417 g/mol. The molecule has 27 heavy (non-hydrogen) atoms. The molecule has 0 bridgehead atoms. The van der Waals surface area contributed by atoms with E-state index in [9.17, 15) is 14.4 Å². The van der Waals surface area contributed by atoms with Crippen molar-refractivity contribution in [1.29, 1.82) is 0 Å². The van der Waals surface area contributed by atoms with Crippen LogP contribution in [0.4, 0.5) is 5.69 Å². The second kappa shape index (κ2) is 9.58. The van der Waals surface area contributed by atoms with Crippen LogP contribution in [0, 0.1) is 0 Å². The second-order valence-electron chi connectivity index (χ2n) is 5.05. The minimum Gasteiger partial charge on any atom is -0.466 e. The molecule has 1 aromatic heterocycles. The van der Waals surface area contributed by atoms with E-state index < -0.39 is 17.4 Å². The molecule has 0 spiro atoms. The first kappa shape index (κ1) is 21.0. The number of hydrogen-bond acceptors (Lipinski definition) is 8. The topological polar surface area (TPSA) is 129 Å². The second-order valence-corrected chi connectivity index (χ2v) is 6.83. The molecule has 0 saturated carbocycles. The van der Waals surface area contributed by atoms with Crippen molar-refractivity contribution in [2.75, 3.05) is 23.5 Å². The molecule has 3 N–H and O–H groups in total. The van der Waals surface area contributed by atoms with Gasteiger partial charge in [-0.25, -0.2) is 0 Å². The summed E-state index contributed by atoms with van der Waals surface area (Å²) in [5.74, 6) is 4.58. The summed E-state index contributed by atoms with van der Waals surface area (Å²) in [4.78, 5) is 35.6. The number of benzene rings is 1. The maximum atomic E-state index is 12.1. The fourth-order valence-electron chi connectivity index (χ4n) is 1.89. The Morgan fingerprint density at radius 3 is 2.74 bits per heavy atom. The number of nitrogens with two attached hydrogens (primary N) is 1. The lowest BCUT2D eigenvalue weighted by molar-refractivity contribution is -0.142. The SMILES string of the molecule is CCOC(=O)Cc1nnc(SCC(=O)Nc2ccc(Cl)cc2Cl)n(N)c1=O.